The summed E-state index contributed by atoms with van der Waals surface area (Å²) < 4.78 is 6.88. The zero-order valence-electron chi connectivity index (χ0n) is 19.4. The maximum Gasteiger partial charge on any atom is 0.189 e. The van der Waals surface area contributed by atoms with Crippen LogP contribution in [0.5, 0.6) is 5.75 Å². The predicted molar refractivity (Wildman–Crippen MR) is 138 cm³/mol. The zero-order chi connectivity index (χ0) is 23.5. The lowest BCUT2D eigenvalue weighted by atomic mass is 9.93. The summed E-state index contributed by atoms with van der Waals surface area (Å²) in [6, 6.07) is 14.5. The molecule has 0 aliphatic heterocycles. The van der Waals surface area contributed by atoms with Gasteiger partial charge < -0.3 is 20.5 Å². The minimum absolute atomic E-state index is 0.104. The molecule has 1 aliphatic rings. The second kappa shape index (κ2) is 9.95. The third-order valence-electron chi connectivity index (χ3n) is 5.84. The molecule has 4 aromatic rings. The van der Waals surface area contributed by atoms with Crippen molar-refractivity contribution in [3.05, 3.63) is 54.9 Å². The highest BCUT2D eigenvalue weighted by atomic mass is 32.1. The van der Waals surface area contributed by atoms with Gasteiger partial charge in [-0.25, -0.2) is 9.97 Å². The van der Waals surface area contributed by atoms with Crippen LogP contribution in [0.25, 0.3) is 21.3 Å². The van der Waals surface area contributed by atoms with Gasteiger partial charge in [-0.15, -0.1) is 0 Å². The number of hydrogen-bond acceptors (Lipinski definition) is 8. The molecular formula is C26H29N5O2S. The first-order valence-corrected chi connectivity index (χ1v) is 12.5. The number of thiazole rings is 1. The van der Waals surface area contributed by atoms with E-state index in [1.807, 2.05) is 50.4 Å². The smallest absolute Gasteiger partial charge is 0.189 e. The van der Waals surface area contributed by atoms with Gasteiger partial charge in [-0.05, 0) is 75.4 Å². The minimum atomic E-state index is -0.160. The van der Waals surface area contributed by atoms with Gasteiger partial charge in [-0.3, -0.25) is 4.98 Å². The van der Waals surface area contributed by atoms with Crippen molar-refractivity contribution < 1.29 is 9.84 Å². The number of nitrogens with zero attached hydrogens (tertiary/aromatic N) is 3. The van der Waals surface area contributed by atoms with E-state index in [2.05, 4.69) is 27.8 Å². The monoisotopic (exact) mass is 475 g/mol. The Labute approximate surface area is 203 Å². The molecule has 176 valence electrons. The average Bonchev–Trinajstić information content (AvgIpc) is 3.22. The number of aliphatic hydroxyl groups excluding tert-OH is 1. The summed E-state index contributed by atoms with van der Waals surface area (Å²) in [6.07, 6.45) is 7.14. The van der Waals surface area contributed by atoms with E-state index in [0.29, 0.717) is 6.04 Å². The Hall–Kier alpha value is -3.23. The molecule has 34 heavy (non-hydrogen) atoms. The summed E-state index contributed by atoms with van der Waals surface area (Å²) >= 11 is 1.60. The fourth-order valence-electron chi connectivity index (χ4n) is 4.19. The summed E-state index contributed by atoms with van der Waals surface area (Å²) in [5.41, 5.74) is 3.03. The lowest BCUT2D eigenvalue weighted by molar-refractivity contribution is 0.126. The van der Waals surface area contributed by atoms with Crippen LogP contribution in [-0.2, 0) is 0 Å². The predicted octanol–water partition coefficient (Wildman–Crippen LogP) is 6.00. The number of fused-ring (bicyclic) bond motifs is 1. The molecule has 3 heterocycles. The third kappa shape index (κ3) is 5.46. The normalized spacial score (nSPS) is 18.2. The Morgan fingerprint density at radius 2 is 1.79 bits per heavy atom. The summed E-state index contributed by atoms with van der Waals surface area (Å²) in [6.45, 7) is 4.01. The summed E-state index contributed by atoms with van der Waals surface area (Å²) in [7, 11) is 0. The van der Waals surface area contributed by atoms with Crippen molar-refractivity contribution in [3.8, 4) is 16.9 Å². The molecule has 0 spiro atoms. The number of ether oxygens (including phenoxy) is 1. The summed E-state index contributed by atoms with van der Waals surface area (Å²) in [5, 5.41) is 17.4. The number of benzene rings is 1. The Bertz CT molecular complexity index is 1270. The van der Waals surface area contributed by atoms with Crippen LogP contribution in [0, 0.1) is 0 Å². The molecule has 0 unspecified atom stereocenters. The molecule has 1 aliphatic carbocycles. The number of aromatic nitrogens is 3. The largest absolute Gasteiger partial charge is 0.489 e. The first-order valence-electron chi connectivity index (χ1n) is 11.7. The van der Waals surface area contributed by atoms with Crippen LogP contribution >= 0.6 is 11.3 Å². The molecule has 1 fully saturated rings. The number of rotatable bonds is 7. The van der Waals surface area contributed by atoms with E-state index in [1.54, 1.807) is 17.5 Å². The molecule has 0 amide bonds. The van der Waals surface area contributed by atoms with E-state index in [0.717, 1.165) is 69.5 Å². The standard InChI is InChI=1S/C26H29N5O2S/c1-16(2)33-21-12-18(14-27-15-21)17-6-11-22-23(13-17)34-26(29-22)31-25-5-3-4-24(30-25)28-19-7-9-20(32)10-8-19/h3-6,11-16,19-20,32H,7-10H2,1-2H3,(H2,28,29,30,31)/t19-,20-. The van der Waals surface area contributed by atoms with Gasteiger partial charge in [0.1, 0.15) is 17.4 Å². The molecule has 7 nitrogen and oxygen atoms in total. The number of hydrogen-bond donors (Lipinski definition) is 3. The van der Waals surface area contributed by atoms with Gasteiger partial charge in [0.25, 0.3) is 0 Å². The number of nitrogens with one attached hydrogen (secondary N) is 2. The van der Waals surface area contributed by atoms with Crippen LogP contribution in [-0.4, -0.2) is 38.3 Å². The Morgan fingerprint density at radius 1 is 0.971 bits per heavy atom. The van der Waals surface area contributed by atoms with Gasteiger partial charge in [0.15, 0.2) is 5.13 Å². The molecule has 8 heteroatoms. The SMILES string of the molecule is CC(C)Oc1cncc(-c2ccc3nc(Nc4cccc(N[C@H]5CC[C@H](O)CC5)n4)sc3c2)c1. The van der Waals surface area contributed by atoms with Crippen molar-refractivity contribution in [2.75, 3.05) is 10.6 Å². The number of anilines is 3. The molecule has 3 N–H and O–H groups in total. The molecule has 1 saturated carbocycles. The van der Waals surface area contributed by atoms with Gasteiger partial charge in [0, 0.05) is 17.8 Å². The average molecular weight is 476 g/mol. The third-order valence-corrected chi connectivity index (χ3v) is 6.77. The topological polar surface area (TPSA) is 92.2 Å². The molecule has 3 aromatic heterocycles. The van der Waals surface area contributed by atoms with E-state index in [-0.39, 0.29) is 12.2 Å². The highest BCUT2D eigenvalue weighted by molar-refractivity contribution is 7.22. The Morgan fingerprint density at radius 3 is 2.62 bits per heavy atom. The summed E-state index contributed by atoms with van der Waals surface area (Å²) in [5.74, 6) is 2.36. The molecule has 0 bridgehead atoms. The quantitative estimate of drug-likeness (QED) is 0.302. The highest BCUT2D eigenvalue weighted by Gasteiger charge is 2.19. The number of aliphatic hydroxyl groups is 1. The zero-order valence-corrected chi connectivity index (χ0v) is 20.2. The van der Waals surface area contributed by atoms with Crippen LogP contribution < -0.4 is 15.4 Å². The van der Waals surface area contributed by atoms with Crippen molar-refractivity contribution in [3.63, 3.8) is 0 Å². The van der Waals surface area contributed by atoms with Crippen LogP contribution in [0.3, 0.4) is 0 Å². The van der Waals surface area contributed by atoms with E-state index >= 15 is 0 Å². The molecular weight excluding hydrogens is 446 g/mol. The second-order valence-electron chi connectivity index (χ2n) is 8.96. The van der Waals surface area contributed by atoms with Crippen molar-refractivity contribution >= 4 is 38.3 Å². The fourth-order valence-corrected chi connectivity index (χ4v) is 5.11. The van der Waals surface area contributed by atoms with Crippen molar-refractivity contribution in [2.24, 2.45) is 0 Å². The fraction of sp³-hybridized carbons (Fsp3) is 0.346. The van der Waals surface area contributed by atoms with E-state index < -0.39 is 0 Å². The lowest BCUT2D eigenvalue weighted by Gasteiger charge is -2.26. The van der Waals surface area contributed by atoms with Gasteiger partial charge in [-0.2, -0.15) is 0 Å². The van der Waals surface area contributed by atoms with Gasteiger partial charge in [0.2, 0.25) is 0 Å². The first kappa shape index (κ1) is 22.6. The van der Waals surface area contributed by atoms with Gasteiger partial charge in [-0.1, -0.05) is 23.5 Å². The van der Waals surface area contributed by atoms with Crippen molar-refractivity contribution in [1.29, 1.82) is 0 Å². The van der Waals surface area contributed by atoms with Gasteiger partial charge in [0.05, 0.1) is 28.6 Å². The number of pyridine rings is 2. The molecule has 0 saturated heterocycles. The molecule has 0 atom stereocenters. The lowest BCUT2D eigenvalue weighted by Crippen LogP contribution is -2.28. The van der Waals surface area contributed by atoms with Crippen LogP contribution in [0.15, 0.2) is 54.9 Å². The molecule has 1 aromatic carbocycles. The van der Waals surface area contributed by atoms with E-state index in [4.69, 9.17) is 14.7 Å². The van der Waals surface area contributed by atoms with E-state index in [9.17, 15) is 5.11 Å². The van der Waals surface area contributed by atoms with Gasteiger partial charge >= 0.3 is 0 Å². The van der Waals surface area contributed by atoms with E-state index in [1.165, 1.54) is 0 Å². The maximum absolute atomic E-state index is 9.72. The minimum Gasteiger partial charge on any atom is -0.489 e. The van der Waals surface area contributed by atoms with Crippen molar-refractivity contribution in [2.45, 2.75) is 57.8 Å². The first-order chi connectivity index (χ1) is 16.5. The second-order valence-corrected chi connectivity index (χ2v) is 9.99. The Balaban J connectivity index is 1.31. The maximum atomic E-state index is 9.72. The van der Waals surface area contributed by atoms with Crippen LogP contribution in [0.2, 0.25) is 0 Å². The van der Waals surface area contributed by atoms with Crippen LogP contribution in [0.4, 0.5) is 16.8 Å². The summed E-state index contributed by atoms with van der Waals surface area (Å²) in [4.78, 5) is 13.8. The Kier molecular flexibility index (Phi) is 6.60. The highest BCUT2D eigenvalue weighted by Crippen LogP contribution is 2.33. The van der Waals surface area contributed by atoms with Crippen molar-refractivity contribution in [1.82, 2.24) is 15.0 Å². The molecule has 0 radical (unpaired) electrons. The molecule has 5 rings (SSSR count). The van der Waals surface area contributed by atoms with Crippen LogP contribution in [0.1, 0.15) is 39.5 Å².